The van der Waals surface area contributed by atoms with E-state index < -0.39 is 0 Å². The smallest absolute Gasteiger partial charge is 0.260 e. The van der Waals surface area contributed by atoms with Gasteiger partial charge in [-0.05, 0) is 51.1 Å². The molecule has 144 valence electrons. The van der Waals surface area contributed by atoms with Gasteiger partial charge in [0, 0.05) is 17.5 Å². The van der Waals surface area contributed by atoms with Gasteiger partial charge < -0.3 is 9.40 Å². The monoisotopic (exact) mass is 393 g/mol. The van der Waals surface area contributed by atoms with Gasteiger partial charge >= 0.3 is 0 Å². The molecular weight excluding hydrogens is 370 g/mol. The fourth-order valence-corrected chi connectivity index (χ4v) is 4.35. The number of nitrogens with one attached hydrogen (secondary N) is 1. The molecule has 0 radical (unpaired) electrons. The minimum Gasteiger partial charge on any atom is -0.464 e. The summed E-state index contributed by atoms with van der Waals surface area (Å²) in [6, 6.07) is 10.2. The van der Waals surface area contributed by atoms with E-state index in [9.17, 15) is 4.79 Å². The summed E-state index contributed by atoms with van der Waals surface area (Å²) in [4.78, 5) is 23.5. The maximum atomic E-state index is 12.8. The molecule has 1 N–H and O–H groups in total. The predicted octanol–water partition coefficient (Wildman–Crippen LogP) is 5.05. The Labute approximate surface area is 167 Å². The van der Waals surface area contributed by atoms with Gasteiger partial charge in [-0.15, -0.1) is 11.3 Å². The minimum absolute atomic E-state index is 0.0213. The summed E-state index contributed by atoms with van der Waals surface area (Å²) in [5.74, 6) is 1.36. The van der Waals surface area contributed by atoms with Gasteiger partial charge in [-0.25, -0.2) is 4.98 Å². The molecule has 0 spiro atoms. The number of benzene rings is 1. The summed E-state index contributed by atoms with van der Waals surface area (Å²) < 4.78 is 5.46. The topological polar surface area (TPSA) is 62.1 Å². The van der Waals surface area contributed by atoms with Gasteiger partial charge in [0.05, 0.1) is 17.7 Å². The van der Waals surface area contributed by atoms with E-state index in [4.69, 9.17) is 9.40 Å². The lowest BCUT2D eigenvalue weighted by Crippen LogP contribution is -2.26. The number of aromatic amines is 1. The molecule has 0 aliphatic heterocycles. The Balaban J connectivity index is 1.64. The molecule has 1 aromatic carbocycles. The van der Waals surface area contributed by atoms with Gasteiger partial charge in [-0.3, -0.25) is 9.69 Å². The Morgan fingerprint density at radius 2 is 2.11 bits per heavy atom. The van der Waals surface area contributed by atoms with Crippen LogP contribution in [0.3, 0.4) is 0 Å². The number of nitrogens with zero attached hydrogens (tertiary/aromatic N) is 2. The van der Waals surface area contributed by atoms with Crippen LogP contribution >= 0.6 is 11.3 Å². The van der Waals surface area contributed by atoms with Crippen molar-refractivity contribution < 1.29 is 4.42 Å². The van der Waals surface area contributed by atoms with Crippen molar-refractivity contribution in [1.82, 2.24) is 14.9 Å². The van der Waals surface area contributed by atoms with Crippen LogP contribution < -0.4 is 5.56 Å². The zero-order valence-corrected chi connectivity index (χ0v) is 17.3. The number of H-pyrrole nitrogens is 1. The van der Waals surface area contributed by atoms with Crippen LogP contribution in [0.2, 0.25) is 0 Å². The lowest BCUT2D eigenvalue weighted by molar-refractivity contribution is 0.243. The Kier molecular flexibility index (Phi) is 4.91. The molecular formula is C22H23N3O2S. The maximum Gasteiger partial charge on any atom is 0.260 e. The first-order chi connectivity index (χ1) is 13.4. The van der Waals surface area contributed by atoms with Gasteiger partial charge in [0.2, 0.25) is 0 Å². The fraction of sp³-hybridized carbons (Fsp3) is 0.273. The first-order valence-electron chi connectivity index (χ1n) is 9.25. The Bertz CT molecular complexity index is 1170. The zero-order valence-electron chi connectivity index (χ0n) is 16.4. The molecule has 3 aromatic heterocycles. The second kappa shape index (κ2) is 7.37. The molecule has 28 heavy (non-hydrogen) atoms. The van der Waals surface area contributed by atoms with Gasteiger partial charge in [0.15, 0.2) is 0 Å². The first-order valence-corrected chi connectivity index (χ1v) is 10.1. The van der Waals surface area contributed by atoms with Crippen LogP contribution in [-0.2, 0) is 6.54 Å². The number of aromatic nitrogens is 2. The molecule has 0 saturated carbocycles. The molecule has 0 amide bonds. The maximum absolute atomic E-state index is 12.8. The van der Waals surface area contributed by atoms with E-state index in [2.05, 4.69) is 55.9 Å². The van der Waals surface area contributed by atoms with Crippen molar-refractivity contribution in [1.29, 1.82) is 0 Å². The van der Waals surface area contributed by atoms with Crippen molar-refractivity contribution in [2.45, 2.75) is 33.4 Å². The van der Waals surface area contributed by atoms with Gasteiger partial charge in [0.25, 0.3) is 5.56 Å². The van der Waals surface area contributed by atoms with Gasteiger partial charge in [-0.1, -0.05) is 23.8 Å². The van der Waals surface area contributed by atoms with Crippen molar-refractivity contribution in [2.24, 2.45) is 0 Å². The number of thiophene rings is 1. The summed E-state index contributed by atoms with van der Waals surface area (Å²) in [5, 5.41) is 2.52. The molecule has 0 aliphatic carbocycles. The van der Waals surface area contributed by atoms with Crippen molar-refractivity contribution in [3.05, 3.63) is 74.8 Å². The van der Waals surface area contributed by atoms with E-state index in [0.717, 1.165) is 16.9 Å². The summed E-state index contributed by atoms with van der Waals surface area (Å²) >= 11 is 1.47. The molecule has 0 bridgehead atoms. The fourth-order valence-electron chi connectivity index (χ4n) is 3.41. The third-order valence-corrected chi connectivity index (χ3v) is 6.10. The summed E-state index contributed by atoms with van der Waals surface area (Å²) in [6.45, 7) is 7.09. The van der Waals surface area contributed by atoms with Crippen LogP contribution in [0.1, 0.15) is 35.5 Å². The second-order valence-corrected chi connectivity index (χ2v) is 8.14. The number of aryl methyl sites for hydroxylation is 2. The highest BCUT2D eigenvalue weighted by atomic mass is 32.1. The van der Waals surface area contributed by atoms with E-state index in [-0.39, 0.29) is 11.6 Å². The number of hydrogen-bond donors (Lipinski definition) is 1. The van der Waals surface area contributed by atoms with Crippen molar-refractivity contribution in [2.75, 3.05) is 7.05 Å². The van der Waals surface area contributed by atoms with Crippen molar-refractivity contribution in [3.8, 4) is 11.3 Å². The summed E-state index contributed by atoms with van der Waals surface area (Å²) in [6.07, 6.45) is 1.61. The quantitative estimate of drug-likeness (QED) is 0.515. The first kappa shape index (κ1) is 18.7. The van der Waals surface area contributed by atoms with Crippen LogP contribution in [0.15, 0.2) is 51.2 Å². The highest BCUT2D eigenvalue weighted by molar-refractivity contribution is 7.17. The molecule has 0 fully saturated rings. The molecule has 1 atom stereocenters. The van der Waals surface area contributed by atoms with Crippen molar-refractivity contribution in [3.63, 3.8) is 0 Å². The molecule has 0 unspecified atom stereocenters. The number of furan rings is 1. The minimum atomic E-state index is -0.126. The molecule has 6 heteroatoms. The lowest BCUT2D eigenvalue weighted by atomic mass is 10.0. The van der Waals surface area contributed by atoms with Crippen LogP contribution in [-0.4, -0.2) is 21.9 Å². The molecule has 4 rings (SSSR count). The van der Waals surface area contributed by atoms with Crippen LogP contribution in [0.25, 0.3) is 21.5 Å². The van der Waals surface area contributed by atoms with E-state index in [1.54, 1.807) is 6.26 Å². The Morgan fingerprint density at radius 1 is 1.29 bits per heavy atom. The van der Waals surface area contributed by atoms with E-state index in [1.165, 1.54) is 28.0 Å². The van der Waals surface area contributed by atoms with E-state index in [0.29, 0.717) is 17.0 Å². The molecule has 5 nitrogen and oxygen atoms in total. The molecule has 0 aliphatic rings. The zero-order chi connectivity index (χ0) is 19.8. The van der Waals surface area contributed by atoms with Gasteiger partial charge in [0.1, 0.15) is 16.4 Å². The number of fused-ring (bicyclic) bond motifs is 1. The van der Waals surface area contributed by atoms with Crippen LogP contribution in [0.4, 0.5) is 0 Å². The standard InChI is InChI=1S/C22H23N3O2S/c1-13-7-8-16(14(2)10-13)11-25(4)15(3)20-23-21(26)19-17(12-28-22(19)24-20)18-6-5-9-27-18/h5-10,12,15H,11H2,1-4H3,(H,23,24,26)/t15-/m1/s1. The predicted molar refractivity (Wildman–Crippen MR) is 114 cm³/mol. The normalized spacial score (nSPS) is 12.8. The van der Waals surface area contributed by atoms with Crippen molar-refractivity contribution >= 4 is 21.6 Å². The summed E-state index contributed by atoms with van der Waals surface area (Å²) in [5.41, 5.74) is 4.48. The average Bonchev–Trinajstić information content (AvgIpc) is 3.32. The third-order valence-electron chi connectivity index (χ3n) is 5.22. The van der Waals surface area contributed by atoms with E-state index in [1.807, 2.05) is 17.5 Å². The van der Waals surface area contributed by atoms with Crippen LogP contribution in [0.5, 0.6) is 0 Å². The Hall–Kier alpha value is -2.70. The molecule has 0 saturated heterocycles. The second-order valence-electron chi connectivity index (χ2n) is 7.28. The molecule has 3 heterocycles. The Morgan fingerprint density at radius 3 is 2.82 bits per heavy atom. The lowest BCUT2D eigenvalue weighted by Gasteiger charge is -2.24. The third kappa shape index (κ3) is 3.41. The van der Waals surface area contributed by atoms with Crippen LogP contribution in [0, 0.1) is 13.8 Å². The number of hydrogen-bond acceptors (Lipinski definition) is 5. The summed E-state index contributed by atoms with van der Waals surface area (Å²) in [7, 11) is 2.05. The largest absolute Gasteiger partial charge is 0.464 e. The van der Waals surface area contributed by atoms with E-state index >= 15 is 0 Å². The van der Waals surface area contributed by atoms with Gasteiger partial charge in [-0.2, -0.15) is 0 Å². The molecule has 4 aromatic rings. The highest BCUT2D eigenvalue weighted by Gasteiger charge is 2.19. The highest BCUT2D eigenvalue weighted by Crippen LogP contribution is 2.31. The number of rotatable bonds is 5. The average molecular weight is 394 g/mol. The SMILES string of the molecule is Cc1ccc(CN(C)[C@H](C)c2nc3scc(-c4ccco4)c3c(=O)[nH]2)c(C)c1.